The minimum absolute atomic E-state index is 0.0425. The molecule has 1 aromatic heterocycles. The maximum absolute atomic E-state index is 12.4. The lowest BCUT2D eigenvalue weighted by Crippen LogP contribution is -2.28. The molecule has 2 N–H and O–H groups in total. The number of aliphatic hydroxyl groups excluding tert-OH is 1. The van der Waals surface area contributed by atoms with Gasteiger partial charge in [0.2, 0.25) is 6.79 Å². The number of benzene rings is 2. The minimum Gasteiger partial charge on any atom is -0.454 e. The molecule has 0 spiro atoms. The fourth-order valence-corrected chi connectivity index (χ4v) is 4.20. The standard InChI is InChI=1S/C19H14Cl2N2O4S/c20-11-2-1-3-12(21)17(11)14(24)7-22-18(25)13-8-28-19(23-13)10-4-5-15-16(6-10)27-9-26-15/h1-6,8,14,24H,7,9H2,(H,22,25). The molecule has 0 aliphatic carbocycles. The molecule has 2 heterocycles. The Hall–Kier alpha value is -2.32. The average molecular weight is 437 g/mol. The van der Waals surface area contributed by atoms with E-state index in [-0.39, 0.29) is 19.0 Å². The summed E-state index contributed by atoms with van der Waals surface area (Å²) in [6, 6.07) is 10.4. The summed E-state index contributed by atoms with van der Waals surface area (Å²) in [5.74, 6) is 0.939. The molecule has 0 bridgehead atoms. The molecule has 9 heteroatoms. The van der Waals surface area contributed by atoms with Crippen molar-refractivity contribution in [3.8, 4) is 22.1 Å². The zero-order chi connectivity index (χ0) is 19.7. The number of amides is 1. The summed E-state index contributed by atoms with van der Waals surface area (Å²) in [4.78, 5) is 16.8. The molecular weight excluding hydrogens is 423 g/mol. The van der Waals surface area contributed by atoms with Crippen molar-refractivity contribution in [2.75, 3.05) is 13.3 Å². The highest BCUT2D eigenvalue weighted by molar-refractivity contribution is 7.13. The van der Waals surface area contributed by atoms with Crippen molar-refractivity contribution in [1.29, 1.82) is 0 Å². The summed E-state index contributed by atoms with van der Waals surface area (Å²) in [6.07, 6.45) is -1.03. The van der Waals surface area contributed by atoms with Crippen molar-refractivity contribution in [3.05, 3.63) is 63.1 Å². The van der Waals surface area contributed by atoms with E-state index in [0.717, 1.165) is 5.56 Å². The summed E-state index contributed by atoms with van der Waals surface area (Å²) in [7, 11) is 0. The third-order valence-electron chi connectivity index (χ3n) is 4.15. The van der Waals surface area contributed by atoms with Crippen LogP contribution in [0.4, 0.5) is 0 Å². The van der Waals surface area contributed by atoms with Gasteiger partial charge in [-0.3, -0.25) is 4.79 Å². The first-order valence-corrected chi connectivity index (χ1v) is 9.92. The highest BCUT2D eigenvalue weighted by atomic mass is 35.5. The summed E-state index contributed by atoms with van der Waals surface area (Å²) in [5.41, 5.74) is 1.47. The van der Waals surface area contributed by atoms with Gasteiger partial charge in [0.05, 0.1) is 6.10 Å². The van der Waals surface area contributed by atoms with E-state index < -0.39 is 12.0 Å². The summed E-state index contributed by atoms with van der Waals surface area (Å²) in [6.45, 7) is 0.154. The van der Waals surface area contributed by atoms with Gasteiger partial charge < -0.3 is 19.9 Å². The molecule has 4 rings (SSSR count). The van der Waals surface area contributed by atoms with E-state index in [9.17, 15) is 9.90 Å². The largest absolute Gasteiger partial charge is 0.454 e. The third-order valence-corrected chi connectivity index (χ3v) is 5.70. The Morgan fingerprint density at radius 3 is 2.75 bits per heavy atom. The molecule has 1 atom stereocenters. The second-order valence-electron chi connectivity index (χ2n) is 5.97. The average Bonchev–Trinajstić information content (AvgIpc) is 3.34. The Bertz CT molecular complexity index is 1020. The number of thiazole rings is 1. The van der Waals surface area contributed by atoms with Crippen LogP contribution in [-0.2, 0) is 0 Å². The number of hydrogen-bond acceptors (Lipinski definition) is 6. The molecule has 6 nitrogen and oxygen atoms in total. The molecule has 1 aliphatic heterocycles. The van der Waals surface area contributed by atoms with Gasteiger partial charge in [-0.25, -0.2) is 4.98 Å². The van der Waals surface area contributed by atoms with Crippen LogP contribution in [0.3, 0.4) is 0 Å². The maximum Gasteiger partial charge on any atom is 0.270 e. The Balaban J connectivity index is 1.43. The summed E-state index contributed by atoms with van der Waals surface area (Å²) >= 11 is 13.5. The van der Waals surface area contributed by atoms with Gasteiger partial charge in [0, 0.05) is 33.1 Å². The van der Waals surface area contributed by atoms with Gasteiger partial charge in [-0.15, -0.1) is 11.3 Å². The fourth-order valence-electron chi connectivity index (χ4n) is 2.75. The van der Waals surface area contributed by atoms with Crippen molar-refractivity contribution < 1.29 is 19.4 Å². The van der Waals surface area contributed by atoms with Gasteiger partial charge in [0.1, 0.15) is 10.7 Å². The number of carbonyl (C=O) groups excluding carboxylic acids is 1. The van der Waals surface area contributed by atoms with E-state index in [0.29, 0.717) is 32.1 Å². The SMILES string of the molecule is O=C(NCC(O)c1c(Cl)cccc1Cl)c1csc(-c2ccc3c(c2)OCO3)n1. The molecule has 144 valence electrons. The first-order chi connectivity index (χ1) is 13.5. The van der Waals surface area contributed by atoms with Gasteiger partial charge >= 0.3 is 0 Å². The fraction of sp³-hybridized carbons (Fsp3) is 0.158. The molecule has 0 saturated heterocycles. The number of halogens is 2. The number of nitrogens with zero attached hydrogens (tertiary/aromatic N) is 1. The zero-order valence-corrected chi connectivity index (χ0v) is 16.6. The highest BCUT2D eigenvalue weighted by Gasteiger charge is 2.19. The first kappa shape index (κ1) is 19.0. The van der Waals surface area contributed by atoms with Crippen LogP contribution in [0.2, 0.25) is 10.0 Å². The maximum atomic E-state index is 12.4. The quantitative estimate of drug-likeness (QED) is 0.622. The number of carbonyl (C=O) groups is 1. The van der Waals surface area contributed by atoms with E-state index in [4.69, 9.17) is 32.7 Å². The van der Waals surface area contributed by atoms with Gasteiger partial charge in [0.25, 0.3) is 5.91 Å². The van der Waals surface area contributed by atoms with Gasteiger partial charge in [0.15, 0.2) is 11.5 Å². The number of rotatable bonds is 5. The highest BCUT2D eigenvalue weighted by Crippen LogP contribution is 2.36. The Kier molecular flexibility index (Phi) is 5.41. The zero-order valence-electron chi connectivity index (χ0n) is 14.3. The van der Waals surface area contributed by atoms with Gasteiger partial charge in [-0.1, -0.05) is 29.3 Å². The molecular formula is C19H14Cl2N2O4S. The molecule has 1 unspecified atom stereocenters. The molecule has 28 heavy (non-hydrogen) atoms. The van der Waals surface area contributed by atoms with Crippen LogP contribution in [0, 0.1) is 0 Å². The number of aliphatic hydroxyl groups is 1. The lowest BCUT2D eigenvalue weighted by Gasteiger charge is -2.14. The van der Waals surface area contributed by atoms with Gasteiger partial charge in [-0.2, -0.15) is 0 Å². The molecule has 2 aromatic carbocycles. The second-order valence-corrected chi connectivity index (χ2v) is 7.64. The van der Waals surface area contributed by atoms with Crippen molar-refractivity contribution in [3.63, 3.8) is 0 Å². The van der Waals surface area contributed by atoms with E-state index in [1.807, 2.05) is 18.2 Å². The van der Waals surface area contributed by atoms with E-state index >= 15 is 0 Å². The normalized spacial score (nSPS) is 13.4. The van der Waals surface area contributed by atoms with Gasteiger partial charge in [-0.05, 0) is 30.3 Å². The van der Waals surface area contributed by atoms with Crippen molar-refractivity contribution in [2.24, 2.45) is 0 Å². The van der Waals surface area contributed by atoms with E-state index in [1.54, 1.807) is 23.6 Å². The Morgan fingerprint density at radius 2 is 1.96 bits per heavy atom. The number of fused-ring (bicyclic) bond motifs is 1. The molecule has 0 radical (unpaired) electrons. The molecule has 0 fully saturated rings. The Labute approximate surface area is 174 Å². The predicted molar refractivity (Wildman–Crippen MR) is 107 cm³/mol. The lowest BCUT2D eigenvalue weighted by atomic mass is 10.1. The molecule has 0 saturated carbocycles. The first-order valence-electron chi connectivity index (χ1n) is 8.28. The third kappa shape index (κ3) is 3.79. The van der Waals surface area contributed by atoms with Crippen LogP contribution >= 0.6 is 34.5 Å². The topological polar surface area (TPSA) is 80.7 Å². The van der Waals surface area contributed by atoms with Crippen molar-refractivity contribution in [2.45, 2.75) is 6.10 Å². The Morgan fingerprint density at radius 1 is 1.21 bits per heavy atom. The smallest absolute Gasteiger partial charge is 0.270 e. The molecule has 1 amide bonds. The van der Waals surface area contributed by atoms with Crippen molar-refractivity contribution >= 4 is 40.4 Å². The monoisotopic (exact) mass is 436 g/mol. The minimum atomic E-state index is -1.03. The van der Waals surface area contributed by atoms with E-state index in [2.05, 4.69) is 10.3 Å². The molecule has 1 aliphatic rings. The van der Waals surface area contributed by atoms with Crippen LogP contribution in [0.25, 0.3) is 10.6 Å². The van der Waals surface area contributed by atoms with E-state index in [1.165, 1.54) is 11.3 Å². The summed E-state index contributed by atoms with van der Waals surface area (Å²) in [5, 5.41) is 16.0. The number of hydrogen-bond donors (Lipinski definition) is 2. The van der Waals surface area contributed by atoms with Crippen LogP contribution in [0.5, 0.6) is 11.5 Å². The lowest BCUT2D eigenvalue weighted by molar-refractivity contribution is 0.0912. The van der Waals surface area contributed by atoms with Crippen LogP contribution < -0.4 is 14.8 Å². The summed E-state index contributed by atoms with van der Waals surface area (Å²) < 4.78 is 10.7. The number of aromatic nitrogens is 1. The van der Waals surface area contributed by atoms with Crippen molar-refractivity contribution in [1.82, 2.24) is 10.3 Å². The van der Waals surface area contributed by atoms with Crippen LogP contribution in [-0.4, -0.2) is 29.3 Å². The number of ether oxygens (including phenoxy) is 2. The number of nitrogens with one attached hydrogen (secondary N) is 1. The van der Waals surface area contributed by atoms with Crippen LogP contribution in [0.1, 0.15) is 22.2 Å². The van der Waals surface area contributed by atoms with Crippen LogP contribution in [0.15, 0.2) is 41.8 Å². The molecule has 3 aromatic rings. The predicted octanol–water partition coefficient (Wildman–Crippen LogP) is 4.31. The second kappa shape index (κ2) is 7.97.